The van der Waals surface area contributed by atoms with Gasteiger partial charge in [-0.2, -0.15) is 5.10 Å². The normalized spacial score (nSPS) is 13.3. The van der Waals surface area contributed by atoms with E-state index in [1.807, 2.05) is 22.9 Å². The molecule has 0 saturated heterocycles. The van der Waals surface area contributed by atoms with Crippen molar-refractivity contribution < 1.29 is 5.11 Å². The second-order valence-corrected chi connectivity index (χ2v) is 6.83. The third-order valence-corrected chi connectivity index (χ3v) is 3.72. The number of aliphatic hydroxyl groups excluding tert-OH is 1. The van der Waals surface area contributed by atoms with Crippen LogP contribution in [0.15, 0.2) is 36.5 Å². The average molecular weight is 301 g/mol. The largest absolute Gasteiger partial charge is 0.396 e. The molecule has 0 spiro atoms. The standard InChI is InChI=1S/C18H27N3O/c1-14(10-11-22)19-12-15-13-21(16-8-6-5-7-9-16)20-17(15)18(2,3)4/h5-9,13-14,19,22H,10-12H2,1-4H3. The summed E-state index contributed by atoms with van der Waals surface area (Å²) in [5.41, 5.74) is 3.39. The van der Waals surface area contributed by atoms with Crippen LogP contribution in [0.5, 0.6) is 0 Å². The first-order valence-corrected chi connectivity index (χ1v) is 7.90. The van der Waals surface area contributed by atoms with E-state index < -0.39 is 0 Å². The van der Waals surface area contributed by atoms with Crippen molar-refractivity contribution >= 4 is 0 Å². The smallest absolute Gasteiger partial charge is 0.0727 e. The van der Waals surface area contributed by atoms with Gasteiger partial charge in [-0.25, -0.2) is 4.68 Å². The van der Waals surface area contributed by atoms with Crippen molar-refractivity contribution in [1.82, 2.24) is 15.1 Å². The van der Waals surface area contributed by atoms with Crippen molar-refractivity contribution in [3.8, 4) is 5.69 Å². The molecule has 4 heteroatoms. The average Bonchev–Trinajstić information content (AvgIpc) is 2.91. The Morgan fingerprint density at radius 3 is 2.50 bits per heavy atom. The van der Waals surface area contributed by atoms with Crippen LogP contribution in [-0.2, 0) is 12.0 Å². The van der Waals surface area contributed by atoms with E-state index >= 15 is 0 Å². The van der Waals surface area contributed by atoms with E-state index in [2.05, 4.69) is 51.3 Å². The van der Waals surface area contributed by atoms with Gasteiger partial charge in [0.05, 0.1) is 11.4 Å². The second kappa shape index (κ2) is 7.07. The highest BCUT2D eigenvalue weighted by molar-refractivity contribution is 5.34. The van der Waals surface area contributed by atoms with Gasteiger partial charge in [-0.3, -0.25) is 0 Å². The van der Waals surface area contributed by atoms with E-state index in [1.54, 1.807) is 0 Å². The number of hydrogen-bond acceptors (Lipinski definition) is 3. The Morgan fingerprint density at radius 2 is 1.91 bits per heavy atom. The molecule has 0 amide bonds. The van der Waals surface area contributed by atoms with Crippen LogP contribution in [0.25, 0.3) is 5.69 Å². The van der Waals surface area contributed by atoms with Crippen molar-refractivity contribution in [2.45, 2.75) is 52.1 Å². The van der Waals surface area contributed by atoms with Crippen LogP contribution in [0.1, 0.15) is 45.4 Å². The number of aromatic nitrogens is 2. The number of aliphatic hydroxyl groups is 1. The zero-order valence-corrected chi connectivity index (χ0v) is 14.0. The molecule has 4 nitrogen and oxygen atoms in total. The lowest BCUT2D eigenvalue weighted by Crippen LogP contribution is -2.27. The summed E-state index contributed by atoms with van der Waals surface area (Å²) in [5, 5.41) is 17.3. The predicted molar refractivity (Wildman–Crippen MR) is 90.3 cm³/mol. The summed E-state index contributed by atoms with van der Waals surface area (Å²) in [4.78, 5) is 0. The van der Waals surface area contributed by atoms with Crippen LogP contribution >= 0.6 is 0 Å². The lowest BCUT2D eigenvalue weighted by molar-refractivity contribution is 0.268. The minimum absolute atomic E-state index is 0.00272. The van der Waals surface area contributed by atoms with Gasteiger partial charge in [-0.05, 0) is 25.5 Å². The first-order valence-electron chi connectivity index (χ1n) is 7.90. The first-order chi connectivity index (χ1) is 10.4. The molecule has 0 aliphatic carbocycles. The number of benzene rings is 1. The van der Waals surface area contributed by atoms with E-state index in [0.29, 0.717) is 0 Å². The lowest BCUT2D eigenvalue weighted by atomic mass is 9.89. The van der Waals surface area contributed by atoms with Gasteiger partial charge in [-0.15, -0.1) is 0 Å². The summed E-state index contributed by atoms with van der Waals surface area (Å²) in [6.45, 7) is 9.63. The van der Waals surface area contributed by atoms with Crippen LogP contribution in [0.4, 0.5) is 0 Å². The Morgan fingerprint density at radius 1 is 1.23 bits per heavy atom. The zero-order valence-electron chi connectivity index (χ0n) is 14.0. The lowest BCUT2D eigenvalue weighted by Gasteiger charge is -2.19. The molecule has 2 rings (SSSR count). The highest BCUT2D eigenvalue weighted by atomic mass is 16.3. The van der Waals surface area contributed by atoms with E-state index in [4.69, 9.17) is 10.2 Å². The molecule has 0 radical (unpaired) electrons. The monoisotopic (exact) mass is 301 g/mol. The minimum Gasteiger partial charge on any atom is -0.396 e. The maximum atomic E-state index is 9.01. The Bertz CT molecular complexity index is 584. The molecule has 0 saturated carbocycles. The summed E-state index contributed by atoms with van der Waals surface area (Å²) in [7, 11) is 0. The minimum atomic E-state index is -0.00272. The molecule has 0 bridgehead atoms. The highest BCUT2D eigenvalue weighted by Gasteiger charge is 2.22. The predicted octanol–water partition coefficient (Wildman–Crippen LogP) is 3.03. The van der Waals surface area contributed by atoms with Gasteiger partial charge in [0.15, 0.2) is 0 Å². The number of nitrogens with one attached hydrogen (secondary N) is 1. The van der Waals surface area contributed by atoms with E-state index in [1.165, 1.54) is 5.56 Å². The van der Waals surface area contributed by atoms with Gasteiger partial charge < -0.3 is 10.4 Å². The fourth-order valence-electron chi connectivity index (χ4n) is 2.46. The van der Waals surface area contributed by atoms with Gasteiger partial charge >= 0.3 is 0 Å². The number of para-hydroxylation sites is 1. The van der Waals surface area contributed by atoms with Crippen molar-refractivity contribution in [2.75, 3.05) is 6.61 Å². The molecule has 1 aromatic carbocycles. The van der Waals surface area contributed by atoms with Crippen molar-refractivity contribution in [1.29, 1.82) is 0 Å². The molecule has 0 aliphatic heterocycles. The zero-order chi connectivity index (χ0) is 16.2. The summed E-state index contributed by atoms with van der Waals surface area (Å²) in [5.74, 6) is 0. The van der Waals surface area contributed by atoms with Gasteiger partial charge in [0, 0.05) is 36.4 Å². The summed E-state index contributed by atoms with van der Waals surface area (Å²) >= 11 is 0. The molecule has 1 aromatic heterocycles. The molecule has 2 N–H and O–H groups in total. The molecule has 120 valence electrons. The van der Waals surface area contributed by atoms with E-state index in [9.17, 15) is 0 Å². The molecule has 2 aromatic rings. The topological polar surface area (TPSA) is 50.1 Å². The fraction of sp³-hybridized carbons (Fsp3) is 0.500. The van der Waals surface area contributed by atoms with Crippen LogP contribution in [0, 0.1) is 0 Å². The van der Waals surface area contributed by atoms with E-state index in [-0.39, 0.29) is 18.1 Å². The van der Waals surface area contributed by atoms with Gasteiger partial charge in [0.1, 0.15) is 0 Å². The third kappa shape index (κ3) is 4.18. The summed E-state index contributed by atoms with van der Waals surface area (Å²) < 4.78 is 1.95. The number of rotatable bonds is 6. The third-order valence-electron chi connectivity index (χ3n) is 3.72. The fourth-order valence-corrected chi connectivity index (χ4v) is 2.46. The van der Waals surface area contributed by atoms with Crippen LogP contribution < -0.4 is 5.32 Å². The Labute approximate surface area is 133 Å². The Kier molecular flexibility index (Phi) is 5.37. The number of nitrogens with zero attached hydrogens (tertiary/aromatic N) is 2. The van der Waals surface area contributed by atoms with E-state index in [0.717, 1.165) is 24.3 Å². The molecule has 1 unspecified atom stereocenters. The first kappa shape index (κ1) is 16.7. The molecule has 22 heavy (non-hydrogen) atoms. The number of hydrogen-bond donors (Lipinski definition) is 2. The van der Waals surface area contributed by atoms with Gasteiger partial charge in [0.25, 0.3) is 0 Å². The Balaban J connectivity index is 2.25. The van der Waals surface area contributed by atoms with Crippen LogP contribution in [0.2, 0.25) is 0 Å². The summed E-state index contributed by atoms with van der Waals surface area (Å²) in [6, 6.07) is 10.5. The maximum Gasteiger partial charge on any atom is 0.0727 e. The highest BCUT2D eigenvalue weighted by Crippen LogP contribution is 2.25. The van der Waals surface area contributed by atoms with Crippen LogP contribution in [-0.4, -0.2) is 27.5 Å². The van der Waals surface area contributed by atoms with Crippen LogP contribution in [0.3, 0.4) is 0 Å². The SMILES string of the molecule is CC(CCO)NCc1cn(-c2ccccc2)nc1C(C)(C)C. The second-order valence-electron chi connectivity index (χ2n) is 6.83. The van der Waals surface area contributed by atoms with Gasteiger partial charge in [-0.1, -0.05) is 39.0 Å². The summed E-state index contributed by atoms with van der Waals surface area (Å²) in [6.07, 6.45) is 2.87. The molecular formula is C18H27N3O. The maximum absolute atomic E-state index is 9.01. The Hall–Kier alpha value is -1.65. The molecular weight excluding hydrogens is 274 g/mol. The van der Waals surface area contributed by atoms with Crippen molar-refractivity contribution in [2.24, 2.45) is 0 Å². The van der Waals surface area contributed by atoms with Crippen molar-refractivity contribution in [3.05, 3.63) is 47.8 Å². The molecule has 1 atom stereocenters. The molecule has 0 fully saturated rings. The molecule has 1 heterocycles. The quantitative estimate of drug-likeness (QED) is 0.862. The van der Waals surface area contributed by atoms with Gasteiger partial charge in [0.2, 0.25) is 0 Å². The molecule has 0 aliphatic rings. The van der Waals surface area contributed by atoms with Crippen molar-refractivity contribution in [3.63, 3.8) is 0 Å².